The zero-order valence-electron chi connectivity index (χ0n) is 14.8. The Morgan fingerprint density at radius 2 is 1.76 bits per heavy atom. The molecule has 3 N–H and O–H groups in total. The molecule has 0 heterocycles. The van der Waals surface area contributed by atoms with Crippen LogP contribution in [0.15, 0.2) is 48.5 Å². The molecule has 0 saturated heterocycles. The van der Waals surface area contributed by atoms with Crippen LogP contribution in [0.1, 0.15) is 23.6 Å². The number of hydrogen-bond donors (Lipinski definition) is 3. The lowest BCUT2D eigenvalue weighted by molar-refractivity contribution is 0.207. The first-order chi connectivity index (χ1) is 12.1. The highest BCUT2D eigenvalue weighted by molar-refractivity contribution is 5.73. The van der Waals surface area contributed by atoms with Gasteiger partial charge in [-0.25, -0.2) is 4.79 Å². The Kier molecular flexibility index (Phi) is 7.29. The van der Waals surface area contributed by atoms with Gasteiger partial charge in [0.1, 0.15) is 11.9 Å². The topological polar surface area (TPSA) is 70.6 Å². The zero-order chi connectivity index (χ0) is 18.1. The summed E-state index contributed by atoms with van der Waals surface area (Å²) < 4.78 is 5.83. The van der Waals surface area contributed by atoms with E-state index in [1.807, 2.05) is 62.4 Å². The quantitative estimate of drug-likeness (QED) is 0.691. The maximum Gasteiger partial charge on any atom is 0.314 e. The molecule has 1 atom stereocenters. The van der Waals surface area contributed by atoms with E-state index in [9.17, 15) is 4.79 Å². The van der Waals surface area contributed by atoms with Crippen LogP contribution >= 0.6 is 0 Å². The summed E-state index contributed by atoms with van der Waals surface area (Å²) >= 11 is 0. The van der Waals surface area contributed by atoms with E-state index in [1.54, 1.807) is 0 Å². The summed E-state index contributed by atoms with van der Waals surface area (Å²) in [7, 11) is 0. The lowest BCUT2D eigenvalue weighted by Crippen LogP contribution is -2.41. The fourth-order valence-electron chi connectivity index (χ4n) is 2.38. The summed E-state index contributed by atoms with van der Waals surface area (Å²) in [6.45, 7) is 4.96. The number of amides is 2. The molecule has 5 heteroatoms. The van der Waals surface area contributed by atoms with Crippen molar-refractivity contribution in [3.05, 3.63) is 65.2 Å². The molecule has 134 valence electrons. The highest BCUT2D eigenvalue weighted by Crippen LogP contribution is 2.17. The van der Waals surface area contributed by atoms with Crippen molar-refractivity contribution in [2.75, 3.05) is 13.1 Å². The van der Waals surface area contributed by atoms with Crippen molar-refractivity contribution in [2.45, 2.75) is 33.0 Å². The van der Waals surface area contributed by atoms with E-state index in [0.717, 1.165) is 28.9 Å². The van der Waals surface area contributed by atoms with E-state index in [1.165, 1.54) is 0 Å². The van der Waals surface area contributed by atoms with Crippen LogP contribution in [0.2, 0.25) is 0 Å². The molecule has 0 spiro atoms. The standard InChI is InChI=1S/C20H26N2O3/c1-15-5-3-4-6-19(15)25-16(2)13-22-20(24)21-12-11-17-7-9-18(14-23)10-8-17/h3-10,16,23H,11-14H2,1-2H3,(H2,21,22,24). The van der Waals surface area contributed by atoms with Crippen molar-refractivity contribution >= 4 is 6.03 Å². The molecule has 5 nitrogen and oxygen atoms in total. The second-order valence-electron chi connectivity index (χ2n) is 6.06. The van der Waals surface area contributed by atoms with Gasteiger partial charge in [0.25, 0.3) is 0 Å². The van der Waals surface area contributed by atoms with E-state index >= 15 is 0 Å². The van der Waals surface area contributed by atoms with Crippen LogP contribution in [0.5, 0.6) is 5.75 Å². The zero-order valence-corrected chi connectivity index (χ0v) is 14.8. The number of nitrogens with one attached hydrogen (secondary N) is 2. The van der Waals surface area contributed by atoms with Gasteiger partial charge in [0.15, 0.2) is 0 Å². The molecule has 0 radical (unpaired) electrons. The van der Waals surface area contributed by atoms with Gasteiger partial charge in [-0.2, -0.15) is 0 Å². The number of ether oxygens (including phenoxy) is 1. The Labute approximate surface area is 149 Å². The molecular weight excluding hydrogens is 316 g/mol. The third-order valence-corrected chi connectivity index (χ3v) is 3.88. The average Bonchev–Trinajstić information content (AvgIpc) is 2.62. The van der Waals surface area contributed by atoms with Gasteiger partial charge < -0.3 is 20.5 Å². The second-order valence-corrected chi connectivity index (χ2v) is 6.06. The van der Waals surface area contributed by atoms with Crippen LogP contribution in [-0.2, 0) is 13.0 Å². The summed E-state index contributed by atoms with van der Waals surface area (Å²) in [4.78, 5) is 11.8. The second kappa shape index (κ2) is 9.69. The Morgan fingerprint density at radius 1 is 1.08 bits per heavy atom. The van der Waals surface area contributed by atoms with Crippen molar-refractivity contribution in [3.8, 4) is 5.75 Å². The van der Waals surface area contributed by atoms with Crippen LogP contribution in [0.25, 0.3) is 0 Å². The number of aryl methyl sites for hydroxylation is 1. The molecule has 2 aromatic rings. The average molecular weight is 342 g/mol. The third kappa shape index (κ3) is 6.47. The molecule has 0 saturated carbocycles. The summed E-state index contributed by atoms with van der Waals surface area (Å²) in [5.41, 5.74) is 3.08. The van der Waals surface area contributed by atoms with Gasteiger partial charge in [0, 0.05) is 6.54 Å². The minimum Gasteiger partial charge on any atom is -0.489 e. The van der Waals surface area contributed by atoms with E-state index in [4.69, 9.17) is 9.84 Å². The highest BCUT2D eigenvalue weighted by Gasteiger charge is 2.08. The molecule has 25 heavy (non-hydrogen) atoms. The maximum absolute atomic E-state index is 11.8. The monoisotopic (exact) mass is 342 g/mol. The Balaban J connectivity index is 1.65. The number of benzene rings is 2. The first-order valence-corrected chi connectivity index (χ1v) is 8.51. The third-order valence-electron chi connectivity index (χ3n) is 3.88. The first-order valence-electron chi connectivity index (χ1n) is 8.51. The van der Waals surface area contributed by atoms with E-state index in [-0.39, 0.29) is 18.7 Å². The maximum atomic E-state index is 11.8. The predicted molar refractivity (Wildman–Crippen MR) is 98.7 cm³/mol. The smallest absolute Gasteiger partial charge is 0.314 e. The van der Waals surface area contributed by atoms with Crippen LogP contribution in [0.4, 0.5) is 4.79 Å². The lowest BCUT2D eigenvalue weighted by Gasteiger charge is -2.17. The molecule has 0 aliphatic rings. The molecule has 2 aromatic carbocycles. The first kappa shape index (κ1) is 18.8. The van der Waals surface area contributed by atoms with Gasteiger partial charge >= 0.3 is 6.03 Å². The number of hydrogen-bond acceptors (Lipinski definition) is 3. The Morgan fingerprint density at radius 3 is 2.44 bits per heavy atom. The number of para-hydroxylation sites is 1. The normalized spacial score (nSPS) is 11.6. The van der Waals surface area contributed by atoms with Crippen molar-refractivity contribution in [1.82, 2.24) is 10.6 Å². The van der Waals surface area contributed by atoms with Crippen molar-refractivity contribution < 1.29 is 14.6 Å². The molecule has 0 aromatic heterocycles. The van der Waals surface area contributed by atoms with E-state index < -0.39 is 0 Å². The van der Waals surface area contributed by atoms with Gasteiger partial charge in [-0.05, 0) is 43.0 Å². The Hall–Kier alpha value is -2.53. The molecule has 1 unspecified atom stereocenters. The molecule has 0 aliphatic carbocycles. The van der Waals surface area contributed by atoms with E-state index in [0.29, 0.717) is 13.1 Å². The molecule has 2 amide bonds. The molecule has 0 aliphatic heterocycles. The minimum absolute atomic E-state index is 0.0453. The summed E-state index contributed by atoms with van der Waals surface area (Å²) in [5.74, 6) is 0.837. The van der Waals surface area contributed by atoms with Crippen LogP contribution in [0, 0.1) is 6.92 Å². The van der Waals surface area contributed by atoms with E-state index in [2.05, 4.69) is 10.6 Å². The fourth-order valence-corrected chi connectivity index (χ4v) is 2.38. The largest absolute Gasteiger partial charge is 0.489 e. The lowest BCUT2D eigenvalue weighted by atomic mass is 10.1. The van der Waals surface area contributed by atoms with Gasteiger partial charge in [-0.15, -0.1) is 0 Å². The highest BCUT2D eigenvalue weighted by atomic mass is 16.5. The molecule has 2 rings (SSSR count). The molecule has 0 fully saturated rings. The summed E-state index contributed by atoms with van der Waals surface area (Å²) in [5, 5.41) is 14.7. The summed E-state index contributed by atoms with van der Waals surface area (Å²) in [6, 6.07) is 15.3. The van der Waals surface area contributed by atoms with Crippen LogP contribution < -0.4 is 15.4 Å². The van der Waals surface area contributed by atoms with Gasteiger partial charge in [-0.1, -0.05) is 42.5 Å². The molecular formula is C20H26N2O3. The van der Waals surface area contributed by atoms with Crippen molar-refractivity contribution in [1.29, 1.82) is 0 Å². The van der Waals surface area contributed by atoms with Crippen LogP contribution in [-0.4, -0.2) is 30.3 Å². The summed E-state index contributed by atoms with van der Waals surface area (Å²) in [6.07, 6.45) is 0.631. The minimum atomic E-state index is -0.202. The number of carbonyl (C=O) groups excluding carboxylic acids is 1. The number of aliphatic hydroxyl groups is 1. The van der Waals surface area contributed by atoms with Crippen molar-refractivity contribution in [3.63, 3.8) is 0 Å². The number of aliphatic hydroxyl groups excluding tert-OH is 1. The molecule has 0 bridgehead atoms. The van der Waals surface area contributed by atoms with Crippen molar-refractivity contribution in [2.24, 2.45) is 0 Å². The van der Waals surface area contributed by atoms with Gasteiger partial charge in [-0.3, -0.25) is 0 Å². The van der Waals surface area contributed by atoms with Gasteiger partial charge in [0.2, 0.25) is 0 Å². The predicted octanol–water partition coefficient (Wildman–Crippen LogP) is 2.80. The number of urea groups is 1. The fraction of sp³-hybridized carbons (Fsp3) is 0.350. The van der Waals surface area contributed by atoms with Crippen LogP contribution in [0.3, 0.4) is 0 Å². The number of rotatable bonds is 8. The Bertz CT molecular complexity index is 671. The van der Waals surface area contributed by atoms with Gasteiger partial charge in [0.05, 0.1) is 13.2 Å². The SMILES string of the molecule is Cc1ccccc1OC(C)CNC(=O)NCCc1ccc(CO)cc1. The number of carbonyl (C=O) groups is 1.